The second kappa shape index (κ2) is 11.0. The molecule has 0 fully saturated rings. The van der Waals surface area contributed by atoms with E-state index in [1.165, 1.54) is 6.33 Å². The van der Waals surface area contributed by atoms with Crippen LogP contribution in [0.25, 0.3) is 0 Å². The average molecular weight is 374 g/mol. The molecule has 0 bridgehead atoms. The van der Waals surface area contributed by atoms with E-state index < -0.39 is 6.04 Å². The van der Waals surface area contributed by atoms with Gasteiger partial charge in [-0.1, -0.05) is 38.1 Å². The number of nitrogens with two attached hydrogens (primary N) is 1. The molecule has 1 atom stereocenters. The van der Waals surface area contributed by atoms with E-state index in [-0.39, 0.29) is 30.7 Å². The Balaban J connectivity index is 0.00000264. The van der Waals surface area contributed by atoms with E-state index in [0.717, 1.165) is 11.1 Å². The monoisotopic (exact) mass is 373 g/mol. The van der Waals surface area contributed by atoms with Gasteiger partial charge >= 0.3 is 0 Å². The van der Waals surface area contributed by atoms with Gasteiger partial charge in [0.15, 0.2) is 0 Å². The summed E-state index contributed by atoms with van der Waals surface area (Å²) in [6.07, 6.45) is 3.90. The first-order valence-corrected chi connectivity index (χ1v) is 7.48. The van der Waals surface area contributed by atoms with Crippen molar-refractivity contribution in [2.24, 2.45) is 11.7 Å². The summed E-state index contributed by atoms with van der Waals surface area (Å²) >= 11 is 0. The van der Waals surface area contributed by atoms with Gasteiger partial charge in [0.25, 0.3) is 0 Å². The molecule has 6 nitrogen and oxygen atoms in total. The van der Waals surface area contributed by atoms with Gasteiger partial charge in [-0.3, -0.25) is 4.79 Å². The second-order valence-electron chi connectivity index (χ2n) is 5.86. The number of carbonyl (C=O) groups excluding carboxylic acids is 1. The van der Waals surface area contributed by atoms with Crippen molar-refractivity contribution in [2.45, 2.75) is 39.4 Å². The molecule has 134 valence electrons. The molecular weight excluding hydrogens is 349 g/mol. The van der Waals surface area contributed by atoms with Crippen molar-refractivity contribution in [2.75, 3.05) is 0 Å². The lowest BCUT2D eigenvalue weighted by Crippen LogP contribution is -2.41. The van der Waals surface area contributed by atoms with Crippen LogP contribution in [-0.4, -0.2) is 26.7 Å². The topological polar surface area (TPSA) is 85.8 Å². The molecule has 3 N–H and O–H groups in total. The number of benzene rings is 1. The van der Waals surface area contributed by atoms with Crippen LogP contribution in [0.2, 0.25) is 0 Å². The SMILES string of the molecule is CC(C)C[C@H](N)C(=O)NCc1ccc(Cn2cncn2)cc1.Cl.Cl. The third-order valence-electron chi connectivity index (χ3n) is 3.36. The van der Waals surface area contributed by atoms with Gasteiger partial charge in [0.2, 0.25) is 5.91 Å². The summed E-state index contributed by atoms with van der Waals surface area (Å²) in [7, 11) is 0. The van der Waals surface area contributed by atoms with Crippen molar-refractivity contribution in [1.29, 1.82) is 0 Å². The molecular formula is C16H25Cl2N5O. The van der Waals surface area contributed by atoms with Crippen LogP contribution < -0.4 is 11.1 Å². The van der Waals surface area contributed by atoms with Gasteiger partial charge in [-0.2, -0.15) is 5.10 Å². The summed E-state index contributed by atoms with van der Waals surface area (Å²) in [5.74, 6) is 0.317. The Morgan fingerprint density at radius 3 is 2.38 bits per heavy atom. The third kappa shape index (κ3) is 7.29. The summed E-state index contributed by atoms with van der Waals surface area (Å²) in [4.78, 5) is 15.8. The maximum Gasteiger partial charge on any atom is 0.237 e. The summed E-state index contributed by atoms with van der Waals surface area (Å²) in [5, 5.41) is 6.95. The quantitative estimate of drug-likeness (QED) is 0.778. The molecule has 0 aliphatic heterocycles. The fourth-order valence-corrected chi connectivity index (χ4v) is 2.20. The molecule has 2 rings (SSSR count). The van der Waals surface area contributed by atoms with Crippen LogP contribution in [-0.2, 0) is 17.9 Å². The number of aromatic nitrogens is 3. The van der Waals surface area contributed by atoms with Crippen LogP contribution in [0.4, 0.5) is 0 Å². The third-order valence-corrected chi connectivity index (χ3v) is 3.36. The lowest BCUT2D eigenvalue weighted by atomic mass is 10.0. The number of nitrogens with zero attached hydrogens (tertiary/aromatic N) is 3. The van der Waals surface area contributed by atoms with Crippen molar-refractivity contribution in [3.05, 3.63) is 48.0 Å². The Hall–Kier alpha value is -1.63. The molecule has 0 spiro atoms. The zero-order valence-corrected chi connectivity index (χ0v) is 15.5. The number of halogens is 2. The first kappa shape index (κ1) is 22.4. The van der Waals surface area contributed by atoms with Gasteiger partial charge in [0.05, 0.1) is 12.6 Å². The first-order valence-electron chi connectivity index (χ1n) is 7.48. The molecule has 8 heteroatoms. The van der Waals surface area contributed by atoms with Gasteiger partial charge in [-0.15, -0.1) is 24.8 Å². The predicted octanol–water partition coefficient (Wildman–Crippen LogP) is 2.16. The van der Waals surface area contributed by atoms with Crippen LogP contribution in [0.1, 0.15) is 31.4 Å². The number of hydrogen-bond acceptors (Lipinski definition) is 4. The Morgan fingerprint density at radius 1 is 1.21 bits per heavy atom. The lowest BCUT2D eigenvalue weighted by molar-refractivity contribution is -0.122. The smallest absolute Gasteiger partial charge is 0.237 e. The maximum atomic E-state index is 11.9. The van der Waals surface area contributed by atoms with Gasteiger partial charge in [-0.05, 0) is 23.5 Å². The Kier molecular flexibility index (Phi) is 10.3. The number of nitrogens with one attached hydrogen (secondary N) is 1. The van der Waals surface area contributed by atoms with Gasteiger partial charge < -0.3 is 11.1 Å². The first-order chi connectivity index (χ1) is 10.5. The average Bonchev–Trinajstić information content (AvgIpc) is 2.98. The number of rotatable bonds is 7. The van der Waals surface area contributed by atoms with Crippen LogP contribution in [0.3, 0.4) is 0 Å². The van der Waals surface area contributed by atoms with E-state index in [9.17, 15) is 4.79 Å². The normalized spacial score (nSPS) is 11.3. The molecule has 1 aromatic carbocycles. The standard InChI is InChI=1S/C16H23N5O.2ClH/c1-12(2)7-15(17)16(22)19-8-13-3-5-14(6-4-13)9-21-11-18-10-20-21;;/h3-6,10-12,15H,7-9,17H2,1-2H3,(H,19,22);2*1H/t15-;;/m0../s1. The zero-order chi connectivity index (χ0) is 15.9. The number of carbonyl (C=O) groups is 1. The fraction of sp³-hybridized carbons (Fsp3) is 0.438. The molecule has 2 aromatic rings. The maximum absolute atomic E-state index is 11.9. The van der Waals surface area contributed by atoms with Gasteiger partial charge in [-0.25, -0.2) is 9.67 Å². The fourth-order valence-electron chi connectivity index (χ4n) is 2.20. The summed E-state index contributed by atoms with van der Waals surface area (Å²) in [5.41, 5.74) is 8.04. The zero-order valence-electron chi connectivity index (χ0n) is 13.9. The van der Waals surface area contributed by atoms with E-state index in [4.69, 9.17) is 5.73 Å². The molecule has 0 aliphatic carbocycles. The van der Waals surface area contributed by atoms with Crippen molar-refractivity contribution in [3.63, 3.8) is 0 Å². The lowest BCUT2D eigenvalue weighted by Gasteiger charge is -2.14. The van der Waals surface area contributed by atoms with Crippen LogP contribution in [0.5, 0.6) is 0 Å². The molecule has 1 aromatic heterocycles. The highest BCUT2D eigenvalue weighted by molar-refractivity contribution is 5.85. The van der Waals surface area contributed by atoms with E-state index in [1.807, 2.05) is 24.3 Å². The molecule has 0 unspecified atom stereocenters. The minimum atomic E-state index is -0.438. The Labute approximate surface area is 155 Å². The Bertz CT molecular complexity index is 587. The minimum absolute atomic E-state index is 0. The van der Waals surface area contributed by atoms with Crippen molar-refractivity contribution in [3.8, 4) is 0 Å². The van der Waals surface area contributed by atoms with Gasteiger partial charge in [0.1, 0.15) is 12.7 Å². The van der Waals surface area contributed by atoms with E-state index in [1.54, 1.807) is 11.0 Å². The largest absolute Gasteiger partial charge is 0.351 e. The van der Waals surface area contributed by atoms with E-state index >= 15 is 0 Å². The van der Waals surface area contributed by atoms with Crippen molar-refractivity contribution >= 4 is 30.7 Å². The number of amides is 1. The van der Waals surface area contributed by atoms with Crippen molar-refractivity contribution < 1.29 is 4.79 Å². The molecule has 0 saturated heterocycles. The molecule has 0 saturated carbocycles. The summed E-state index contributed by atoms with van der Waals surface area (Å²) in [6.45, 7) is 5.29. The van der Waals surface area contributed by atoms with Crippen LogP contribution in [0, 0.1) is 5.92 Å². The highest BCUT2D eigenvalue weighted by Crippen LogP contribution is 2.07. The summed E-state index contributed by atoms with van der Waals surface area (Å²) in [6, 6.07) is 7.61. The minimum Gasteiger partial charge on any atom is -0.351 e. The molecule has 0 radical (unpaired) electrons. The molecule has 1 heterocycles. The predicted molar refractivity (Wildman–Crippen MR) is 99.3 cm³/mol. The van der Waals surface area contributed by atoms with Crippen LogP contribution >= 0.6 is 24.8 Å². The highest BCUT2D eigenvalue weighted by Gasteiger charge is 2.14. The number of hydrogen-bond donors (Lipinski definition) is 2. The van der Waals surface area contributed by atoms with Gasteiger partial charge in [0, 0.05) is 6.54 Å². The molecule has 1 amide bonds. The summed E-state index contributed by atoms with van der Waals surface area (Å²) < 4.78 is 1.77. The highest BCUT2D eigenvalue weighted by atomic mass is 35.5. The molecule has 0 aliphatic rings. The van der Waals surface area contributed by atoms with Crippen LogP contribution in [0.15, 0.2) is 36.9 Å². The van der Waals surface area contributed by atoms with E-state index in [2.05, 4.69) is 29.2 Å². The molecule has 24 heavy (non-hydrogen) atoms. The Morgan fingerprint density at radius 2 is 1.83 bits per heavy atom. The van der Waals surface area contributed by atoms with Crippen molar-refractivity contribution in [1.82, 2.24) is 20.1 Å². The second-order valence-corrected chi connectivity index (χ2v) is 5.86. The van der Waals surface area contributed by atoms with E-state index in [0.29, 0.717) is 25.4 Å².